The lowest BCUT2D eigenvalue weighted by Crippen LogP contribution is -2.16. The Morgan fingerprint density at radius 2 is 1.71 bits per heavy atom. The van der Waals surface area contributed by atoms with E-state index in [9.17, 15) is 8.42 Å². The molecule has 6 heteroatoms. The van der Waals surface area contributed by atoms with Crippen LogP contribution >= 0.6 is 0 Å². The summed E-state index contributed by atoms with van der Waals surface area (Å²) in [4.78, 5) is 4.16. The summed E-state index contributed by atoms with van der Waals surface area (Å²) in [5.41, 5.74) is 2.64. The first kappa shape index (κ1) is 15.3. The van der Waals surface area contributed by atoms with Crippen molar-refractivity contribution in [1.82, 2.24) is 4.98 Å². The van der Waals surface area contributed by atoms with Crippen molar-refractivity contribution >= 4 is 15.7 Å². The molecule has 0 unspecified atom stereocenters. The predicted molar refractivity (Wildman–Crippen MR) is 82.3 cm³/mol. The van der Waals surface area contributed by atoms with Crippen molar-refractivity contribution in [3.8, 4) is 5.75 Å². The Labute approximate surface area is 125 Å². The highest BCUT2D eigenvalue weighted by molar-refractivity contribution is 7.92. The van der Waals surface area contributed by atoms with Crippen LogP contribution in [0.5, 0.6) is 5.75 Å². The van der Waals surface area contributed by atoms with E-state index in [-0.39, 0.29) is 4.90 Å². The second-order valence-corrected chi connectivity index (χ2v) is 6.44. The van der Waals surface area contributed by atoms with Crippen LogP contribution in [0.15, 0.2) is 35.5 Å². The first-order valence-corrected chi connectivity index (χ1v) is 7.92. The smallest absolute Gasteiger partial charge is 0.262 e. The normalized spacial score (nSPS) is 11.2. The Balaban J connectivity index is 2.53. The molecule has 0 saturated carbocycles. The number of pyridine rings is 1. The van der Waals surface area contributed by atoms with E-state index in [0.717, 1.165) is 5.56 Å². The number of ether oxygens (including phenoxy) is 1. The fraction of sp³-hybridized carbons (Fsp3) is 0.267. The Bertz CT molecular complexity index is 756. The molecule has 0 fully saturated rings. The van der Waals surface area contributed by atoms with E-state index in [2.05, 4.69) is 9.71 Å². The average Bonchev–Trinajstić information content (AvgIpc) is 2.43. The van der Waals surface area contributed by atoms with Gasteiger partial charge in [0, 0.05) is 12.4 Å². The van der Waals surface area contributed by atoms with Crippen molar-refractivity contribution in [2.45, 2.75) is 25.7 Å². The number of benzene rings is 1. The SMILES string of the molecule is COc1cc(C)c(S(=O)(=O)Nc2ccncc2)c(C)c1C. The molecule has 0 amide bonds. The first-order valence-electron chi connectivity index (χ1n) is 6.44. The van der Waals surface area contributed by atoms with Crippen LogP contribution in [0.4, 0.5) is 5.69 Å². The zero-order valence-corrected chi connectivity index (χ0v) is 13.3. The van der Waals surface area contributed by atoms with Gasteiger partial charge in [-0.25, -0.2) is 8.42 Å². The van der Waals surface area contributed by atoms with Crippen LogP contribution in [0.3, 0.4) is 0 Å². The van der Waals surface area contributed by atoms with Gasteiger partial charge in [-0.05, 0) is 55.7 Å². The monoisotopic (exact) mass is 306 g/mol. The van der Waals surface area contributed by atoms with E-state index >= 15 is 0 Å². The minimum atomic E-state index is -3.66. The summed E-state index contributed by atoms with van der Waals surface area (Å²) in [5.74, 6) is 0.688. The van der Waals surface area contributed by atoms with Crippen LogP contribution in [0, 0.1) is 20.8 Å². The molecule has 0 radical (unpaired) electrons. The number of nitrogens with one attached hydrogen (secondary N) is 1. The van der Waals surface area contributed by atoms with Crippen molar-refractivity contribution in [2.24, 2.45) is 0 Å². The number of rotatable bonds is 4. The van der Waals surface area contributed by atoms with Crippen LogP contribution in [0.2, 0.25) is 0 Å². The summed E-state index contributed by atoms with van der Waals surface area (Å²) in [6.45, 7) is 5.39. The number of anilines is 1. The zero-order chi connectivity index (χ0) is 15.6. The van der Waals surface area contributed by atoms with Gasteiger partial charge in [-0.1, -0.05) is 0 Å². The van der Waals surface area contributed by atoms with Gasteiger partial charge in [0.2, 0.25) is 0 Å². The lowest BCUT2D eigenvalue weighted by atomic mass is 10.1. The van der Waals surface area contributed by atoms with Gasteiger partial charge >= 0.3 is 0 Å². The molecule has 2 aromatic rings. The highest BCUT2D eigenvalue weighted by Gasteiger charge is 2.22. The molecule has 1 aromatic carbocycles. The molecule has 1 heterocycles. The quantitative estimate of drug-likeness (QED) is 0.943. The van der Waals surface area contributed by atoms with Crippen LogP contribution in [-0.2, 0) is 10.0 Å². The molecule has 0 spiro atoms. The molecule has 0 aliphatic rings. The van der Waals surface area contributed by atoms with Gasteiger partial charge in [-0.2, -0.15) is 0 Å². The molecule has 5 nitrogen and oxygen atoms in total. The molecule has 2 rings (SSSR count). The van der Waals surface area contributed by atoms with E-state index in [1.807, 2.05) is 6.92 Å². The van der Waals surface area contributed by atoms with Crippen LogP contribution in [-0.4, -0.2) is 20.5 Å². The second kappa shape index (κ2) is 5.73. The van der Waals surface area contributed by atoms with Gasteiger partial charge in [0.25, 0.3) is 10.0 Å². The van der Waals surface area contributed by atoms with Gasteiger partial charge in [0.05, 0.1) is 17.7 Å². The van der Waals surface area contributed by atoms with E-state index in [0.29, 0.717) is 22.6 Å². The maximum atomic E-state index is 12.6. The van der Waals surface area contributed by atoms with Crippen molar-refractivity contribution in [2.75, 3.05) is 11.8 Å². The maximum Gasteiger partial charge on any atom is 0.262 e. The molecule has 21 heavy (non-hydrogen) atoms. The Hall–Kier alpha value is -2.08. The fourth-order valence-corrected chi connectivity index (χ4v) is 3.86. The highest BCUT2D eigenvalue weighted by Crippen LogP contribution is 2.31. The topological polar surface area (TPSA) is 68.3 Å². The molecule has 1 N–H and O–H groups in total. The molecule has 1 aromatic heterocycles. The molecule has 0 bridgehead atoms. The maximum absolute atomic E-state index is 12.6. The van der Waals surface area contributed by atoms with Crippen molar-refractivity contribution < 1.29 is 13.2 Å². The lowest BCUT2D eigenvalue weighted by Gasteiger charge is -2.17. The minimum absolute atomic E-state index is 0.289. The summed E-state index contributed by atoms with van der Waals surface area (Å²) < 4.78 is 33.1. The van der Waals surface area contributed by atoms with E-state index in [4.69, 9.17) is 4.74 Å². The molecule has 0 aliphatic carbocycles. The largest absolute Gasteiger partial charge is 0.496 e. The van der Waals surface area contributed by atoms with E-state index in [1.54, 1.807) is 39.2 Å². The molecule has 0 aliphatic heterocycles. The third-order valence-electron chi connectivity index (χ3n) is 3.40. The zero-order valence-electron chi connectivity index (χ0n) is 12.5. The van der Waals surface area contributed by atoms with Crippen molar-refractivity contribution in [3.63, 3.8) is 0 Å². The summed E-state index contributed by atoms with van der Waals surface area (Å²) in [7, 11) is -2.08. The second-order valence-electron chi connectivity index (χ2n) is 4.82. The number of aryl methyl sites for hydroxylation is 1. The number of methoxy groups -OCH3 is 1. The van der Waals surface area contributed by atoms with Gasteiger partial charge < -0.3 is 4.74 Å². The van der Waals surface area contributed by atoms with Gasteiger partial charge in [-0.15, -0.1) is 0 Å². The van der Waals surface area contributed by atoms with Gasteiger partial charge in [-0.3, -0.25) is 9.71 Å². The third-order valence-corrected chi connectivity index (χ3v) is 5.07. The molecule has 0 atom stereocenters. The summed E-state index contributed by atoms with van der Waals surface area (Å²) in [6, 6.07) is 4.96. The van der Waals surface area contributed by atoms with Crippen molar-refractivity contribution in [1.29, 1.82) is 0 Å². The number of nitrogens with zero attached hydrogens (tertiary/aromatic N) is 1. The molecule has 0 saturated heterocycles. The molecule has 112 valence electrons. The number of aromatic nitrogens is 1. The molecular formula is C15H18N2O3S. The van der Waals surface area contributed by atoms with E-state index < -0.39 is 10.0 Å². The Kier molecular flexibility index (Phi) is 4.18. The standard InChI is InChI=1S/C15H18N2O3S/c1-10-9-14(20-4)11(2)12(3)15(10)21(18,19)17-13-5-7-16-8-6-13/h5-9H,1-4H3,(H,16,17). The Morgan fingerprint density at radius 1 is 1.10 bits per heavy atom. The average molecular weight is 306 g/mol. The summed E-state index contributed by atoms with van der Waals surface area (Å²) >= 11 is 0. The van der Waals surface area contributed by atoms with Gasteiger partial charge in [0.1, 0.15) is 5.75 Å². The highest BCUT2D eigenvalue weighted by atomic mass is 32.2. The van der Waals surface area contributed by atoms with Crippen LogP contribution < -0.4 is 9.46 Å². The number of hydrogen-bond donors (Lipinski definition) is 1. The molecular weight excluding hydrogens is 288 g/mol. The fourth-order valence-electron chi connectivity index (χ4n) is 2.27. The van der Waals surface area contributed by atoms with E-state index in [1.165, 1.54) is 12.4 Å². The van der Waals surface area contributed by atoms with Crippen LogP contribution in [0.25, 0.3) is 0 Å². The predicted octanol–water partition coefficient (Wildman–Crippen LogP) is 2.82. The summed E-state index contributed by atoms with van der Waals surface area (Å²) in [5, 5.41) is 0. The first-order chi connectivity index (χ1) is 9.86. The summed E-state index contributed by atoms with van der Waals surface area (Å²) in [6.07, 6.45) is 3.08. The van der Waals surface area contributed by atoms with Gasteiger partial charge in [0.15, 0.2) is 0 Å². The lowest BCUT2D eigenvalue weighted by molar-refractivity contribution is 0.410. The van der Waals surface area contributed by atoms with Crippen LogP contribution in [0.1, 0.15) is 16.7 Å². The number of hydrogen-bond acceptors (Lipinski definition) is 4. The Morgan fingerprint density at radius 3 is 2.29 bits per heavy atom. The minimum Gasteiger partial charge on any atom is -0.496 e. The number of sulfonamides is 1. The van der Waals surface area contributed by atoms with Crippen molar-refractivity contribution in [3.05, 3.63) is 47.3 Å². The third kappa shape index (κ3) is 3.00.